The molecule has 1 fully saturated rings. The van der Waals surface area contributed by atoms with Crippen LogP contribution in [0.4, 0.5) is 5.69 Å². The molecule has 0 aliphatic carbocycles. The number of aromatic nitrogens is 1. The number of nitrogens with zero attached hydrogens (tertiary/aromatic N) is 2. The van der Waals surface area contributed by atoms with Gasteiger partial charge in [-0.15, -0.1) is 0 Å². The number of piperidine rings is 1. The van der Waals surface area contributed by atoms with E-state index >= 15 is 0 Å². The van der Waals surface area contributed by atoms with Crippen LogP contribution in [0, 0.1) is 5.92 Å². The summed E-state index contributed by atoms with van der Waals surface area (Å²) in [5.74, 6) is 0.813. The summed E-state index contributed by atoms with van der Waals surface area (Å²) in [5, 5.41) is 0. The normalized spacial score (nSPS) is 19.7. The molecule has 16 heavy (non-hydrogen) atoms. The number of anilines is 1. The molecule has 1 unspecified atom stereocenters. The number of pyridine rings is 1. The molecule has 0 spiro atoms. The topological polar surface area (TPSA) is 53.4 Å². The maximum Gasteiger partial charge on any atom is 0.153 e. The molecule has 2 rings (SSSR count). The second kappa shape index (κ2) is 5.41. The van der Waals surface area contributed by atoms with Crippen LogP contribution < -0.4 is 4.90 Å². The molecule has 1 aromatic heterocycles. The van der Waals surface area contributed by atoms with Crippen LogP contribution in [0.1, 0.15) is 12.8 Å². The number of hydrogen-bond donors (Lipinski definition) is 1. The molecule has 4 nitrogen and oxygen atoms in total. The Hall–Kier alpha value is -0.940. The minimum absolute atomic E-state index is 0.393. The van der Waals surface area contributed by atoms with Crippen molar-refractivity contribution in [1.29, 1.82) is 0 Å². The van der Waals surface area contributed by atoms with Gasteiger partial charge in [-0.1, -0.05) is 0 Å². The van der Waals surface area contributed by atoms with E-state index in [0.29, 0.717) is 11.7 Å². The zero-order chi connectivity index (χ0) is 11.4. The lowest BCUT2D eigenvalue weighted by molar-refractivity contribution is 0.432. The summed E-state index contributed by atoms with van der Waals surface area (Å²) in [5.41, 5.74) is 1.19. The van der Waals surface area contributed by atoms with Gasteiger partial charge in [0.25, 0.3) is 0 Å². The van der Waals surface area contributed by atoms with Crippen LogP contribution in [-0.2, 0) is 11.1 Å². The first kappa shape index (κ1) is 11.5. The van der Waals surface area contributed by atoms with Crippen LogP contribution in [-0.4, -0.2) is 32.6 Å². The molecule has 0 radical (unpaired) electrons. The van der Waals surface area contributed by atoms with Gasteiger partial charge in [0.1, 0.15) is 0 Å². The fourth-order valence-electron chi connectivity index (χ4n) is 2.11. The Bertz CT molecular complexity index is 350. The Morgan fingerprint density at radius 3 is 2.56 bits per heavy atom. The van der Waals surface area contributed by atoms with E-state index in [4.69, 9.17) is 4.55 Å². The lowest BCUT2D eigenvalue weighted by Gasteiger charge is -2.32. The molecular formula is C11H16N2O2S. The van der Waals surface area contributed by atoms with Crippen molar-refractivity contribution in [2.45, 2.75) is 12.8 Å². The summed E-state index contributed by atoms with van der Waals surface area (Å²) >= 11 is -1.65. The number of rotatable bonds is 3. The van der Waals surface area contributed by atoms with Gasteiger partial charge in [0.15, 0.2) is 11.1 Å². The second-order valence-corrected chi connectivity index (χ2v) is 5.10. The van der Waals surface area contributed by atoms with Gasteiger partial charge in [-0.3, -0.25) is 4.98 Å². The Morgan fingerprint density at radius 1 is 1.38 bits per heavy atom. The van der Waals surface area contributed by atoms with Crippen molar-refractivity contribution in [2.24, 2.45) is 5.92 Å². The van der Waals surface area contributed by atoms with E-state index in [-0.39, 0.29) is 0 Å². The molecule has 1 aromatic rings. The fraction of sp³-hybridized carbons (Fsp3) is 0.545. The van der Waals surface area contributed by atoms with E-state index in [1.165, 1.54) is 5.69 Å². The van der Waals surface area contributed by atoms with Gasteiger partial charge in [-0.25, -0.2) is 4.21 Å². The van der Waals surface area contributed by atoms with Crippen molar-refractivity contribution in [3.8, 4) is 0 Å². The molecule has 1 aliphatic rings. The third-order valence-corrected chi connectivity index (χ3v) is 3.78. The van der Waals surface area contributed by atoms with Crippen LogP contribution in [0.15, 0.2) is 24.5 Å². The molecule has 88 valence electrons. The number of hydrogen-bond acceptors (Lipinski definition) is 3. The smallest absolute Gasteiger partial charge is 0.153 e. The van der Waals surface area contributed by atoms with E-state index < -0.39 is 11.1 Å². The maximum atomic E-state index is 10.7. The molecule has 1 N–H and O–H groups in total. The zero-order valence-corrected chi connectivity index (χ0v) is 9.90. The highest BCUT2D eigenvalue weighted by atomic mass is 32.2. The monoisotopic (exact) mass is 240 g/mol. The summed E-state index contributed by atoms with van der Waals surface area (Å²) in [6.07, 6.45) is 5.58. The Labute approximate surface area is 98.0 Å². The fourth-order valence-corrected chi connectivity index (χ4v) is 2.85. The summed E-state index contributed by atoms with van der Waals surface area (Å²) < 4.78 is 19.5. The minimum atomic E-state index is -1.65. The zero-order valence-electron chi connectivity index (χ0n) is 9.08. The van der Waals surface area contributed by atoms with Gasteiger partial charge >= 0.3 is 0 Å². The largest absolute Gasteiger partial charge is 0.371 e. The van der Waals surface area contributed by atoms with Crippen LogP contribution in [0.25, 0.3) is 0 Å². The third kappa shape index (κ3) is 3.02. The van der Waals surface area contributed by atoms with Gasteiger partial charge < -0.3 is 9.45 Å². The van der Waals surface area contributed by atoms with Crippen molar-refractivity contribution in [1.82, 2.24) is 4.98 Å². The van der Waals surface area contributed by atoms with Gasteiger partial charge in [-0.05, 0) is 30.9 Å². The van der Waals surface area contributed by atoms with Gasteiger partial charge in [0, 0.05) is 31.2 Å². The molecule has 2 heterocycles. The Balaban J connectivity index is 1.88. The van der Waals surface area contributed by atoms with E-state index in [9.17, 15) is 4.21 Å². The van der Waals surface area contributed by atoms with Crippen LogP contribution in [0.2, 0.25) is 0 Å². The molecule has 0 amide bonds. The average Bonchev–Trinajstić information content (AvgIpc) is 2.30. The van der Waals surface area contributed by atoms with Crippen molar-refractivity contribution in [3.05, 3.63) is 24.5 Å². The Morgan fingerprint density at radius 2 is 2.00 bits per heavy atom. The molecule has 0 aromatic carbocycles. The molecule has 1 aliphatic heterocycles. The third-order valence-electron chi connectivity index (χ3n) is 3.02. The lowest BCUT2D eigenvalue weighted by Crippen LogP contribution is -2.35. The molecule has 1 atom stereocenters. The maximum absolute atomic E-state index is 10.7. The predicted octanol–water partition coefficient (Wildman–Crippen LogP) is 1.52. The van der Waals surface area contributed by atoms with E-state index in [1.54, 1.807) is 12.4 Å². The van der Waals surface area contributed by atoms with Gasteiger partial charge in [0.05, 0.1) is 5.75 Å². The highest BCUT2D eigenvalue weighted by molar-refractivity contribution is 7.79. The molecular weight excluding hydrogens is 224 g/mol. The molecule has 1 saturated heterocycles. The summed E-state index contributed by atoms with van der Waals surface area (Å²) in [6, 6.07) is 4.01. The summed E-state index contributed by atoms with van der Waals surface area (Å²) in [7, 11) is 0. The van der Waals surface area contributed by atoms with Gasteiger partial charge in [0.2, 0.25) is 0 Å². The van der Waals surface area contributed by atoms with E-state index in [0.717, 1.165) is 25.9 Å². The first-order valence-electron chi connectivity index (χ1n) is 5.48. The molecule has 5 heteroatoms. The second-order valence-electron chi connectivity index (χ2n) is 4.12. The van der Waals surface area contributed by atoms with Gasteiger partial charge in [-0.2, -0.15) is 0 Å². The quantitative estimate of drug-likeness (QED) is 0.814. The minimum Gasteiger partial charge on any atom is -0.371 e. The van der Waals surface area contributed by atoms with E-state index in [1.807, 2.05) is 12.1 Å². The first-order chi connectivity index (χ1) is 7.75. The summed E-state index contributed by atoms with van der Waals surface area (Å²) in [4.78, 5) is 6.30. The predicted molar refractivity (Wildman–Crippen MR) is 64.8 cm³/mol. The van der Waals surface area contributed by atoms with Crippen molar-refractivity contribution < 1.29 is 8.76 Å². The van der Waals surface area contributed by atoms with E-state index in [2.05, 4.69) is 9.88 Å². The highest BCUT2D eigenvalue weighted by Crippen LogP contribution is 2.22. The standard InChI is InChI=1S/C11H16N2O2S/c14-16(15)9-10-3-7-13(8-4-10)11-1-5-12-6-2-11/h1-2,5-6,10H,3-4,7-9H2,(H,14,15). The highest BCUT2D eigenvalue weighted by Gasteiger charge is 2.20. The SMILES string of the molecule is O=S(O)CC1CCN(c2ccncc2)CC1. The van der Waals surface area contributed by atoms with Crippen LogP contribution >= 0.6 is 0 Å². The average molecular weight is 240 g/mol. The Kier molecular flexibility index (Phi) is 3.90. The lowest BCUT2D eigenvalue weighted by atomic mass is 9.98. The molecule has 0 saturated carbocycles. The first-order valence-corrected chi connectivity index (χ1v) is 6.75. The summed E-state index contributed by atoms with van der Waals surface area (Å²) in [6.45, 7) is 1.93. The molecule has 0 bridgehead atoms. The van der Waals surface area contributed by atoms with Crippen molar-refractivity contribution >= 4 is 16.8 Å². The van der Waals surface area contributed by atoms with Crippen LogP contribution in [0.3, 0.4) is 0 Å². The van der Waals surface area contributed by atoms with Crippen molar-refractivity contribution in [2.75, 3.05) is 23.7 Å². The van der Waals surface area contributed by atoms with Crippen molar-refractivity contribution in [3.63, 3.8) is 0 Å². The van der Waals surface area contributed by atoms with Crippen LogP contribution in [0.5, 0.6) is 0 Å².